The molecule has 2 aliphatic heterocycles. The van der Waals surface area contributed by atoms with Crippen LogP contribution in [0, 0.1) is 62.3 Å². The Labute approximate surface area is 418 Å². The normalized spacial score (nSPS) is 12.8. The van der Waals surface area contributed by atoms with Gasteiger partial charge in [0.2, 0.25) is 0 Å². The minimum absolute atomic E-state index is 0.135. The summed E-state index contributed by atoms with van der Waals surface area (Å²) in [5.74, 6) is 1.95. The summed E-state index contributed by atoms with van der Waals surface area (Å²) < 4.78 is 10.2. The monoisotopic (exact) mass is 926 g/mol. The fourth-order valence-electron chi connectivity index (χ4n) is 13.7. The zero-order valence-electron chi connectivity index (χ0n) is 42.1. The van der Waals surface area contributed by atoms with E-state index < -0.39 is 0 Å². The first kappa shape index (κ1) is 41.4. The van der Waals surface area contributed by atoms with E-state index >= 15 is 0 Å². The van der Waals surface area contributed by atoms with Gasteiger partial charge in [0, 0.05) is 44.0 Å². The summed E-state index contributed by atoms with van der Waals surface area (Å²) in [6, 6.07) is 54.6. The van der Waals surface area contributed by atoms with Crippen molar-refractivity contribution in [3.63, 3.8) is 0 Å². The van der Waals surface area contributed by atoms with Gasteiger partial charge in [0.25, 0.3) is 6.71 Å². The number of aryl methyl sites for hydroxylation is 9. The standard InChI is InChI=1S/C65H51BN6/c1-34-30-51-55-52(31-34)72-63-48(33-46-44-27-11-13-29-50(44)70(59-41(8)24-17-25-42(59)9)61(46)57(63)68-65(72)54-37(4)20-15-21-38(54)5)66(55)47-32-45-43-26-10-12-28-49(43)69(58-39(6)22-16-23-40(58)7)60(45)56-62(47)71(51)64(67-56)53-35(2)18-14-19-36(53)3/h10-33H,1-9H3. The van der Waals surface area contributed by atoms with Gasteiger partial charge in [-0.1, -0.05) is 121 Å². The fraction of sp³-hybridized carbons (Fsp3) is 0.138. The molecule has 344 valence electrons. The zero-order valence-corrected chi connectivity index (χ0v) is 42.1. The zero-order chi connectivity index (χ0) is 48.7. The quantitative estimate of drug-likeness (QED) is 0.165. The second kappa shape index (κ2) is 14.4. The third-order valence-electron chi connectivity index (χ3n) is 16.6. The van der Waals surface area contributed by atoms with Gasteiger partial charge in [0.1, 0.15) is 22.7 Å². The van der Waals surface area contributed by atoms with Crippen LogP contribution in [0.25, 0.3) is 111 Å². The molecule has 0 spiro atoms. The predicted molar refractivity (Wildman–Crippen MR) is 303 cm³/mol. The summed E-state index contributed by atoms with van der Waals surface area (Å²) in [6.07, 6.45) is 0. The van der Waals surface area contributed by atoms with Crippen molar-refractivity contribution in [2.45, 2.75) is 62.3 Å². The molecule has 0 atom stereocenters. The Morgan fingerprint density at radius 3 is 1.10 bits per heavy atom. The fourth-order valence-corrected chi connectivity index (χ4v) is 13.7. The van der Waals surface area contributed by atoms with Crippen molar-refractivity contribution in [3.8, 4) is 45.5 Å². The lowest BCUT2D eigenvalue weighted by Gasteiger charge is -2.34. The molecule has 7 heteroatoms. The van der Waals surface area contributed by atoms with Gasteiger partial charge in [-0.2, -0.15) is 0 Å². The van der Waals surface area contributed by atoms with Crippen molar-refractivity contribution in [2.24, 2.45) is 0 Å². The van der Waals surface area contributed by atoms with Crippen LogP contribution in [0.3, 0.4) is 0 Å². The Morgan fingerprint density at radius 2 is 0.708 bits per heavy atom. The lowest BCUT2D eigenvalue weighted by molar-refractivity contribution is 1.06. The maximum Gasteiger partial charge on any atom is 0.252 e. The SMILES string of the molecule is Cc1cc2c3c(c1)-n1c(-c4c(C)cccc4C)nc4c1c(cc1c5ccccc5n(-c5c(C)cccc5C)c14)B3c1cc3c4ccccc4n(-c4c(C)cccc4C)c3c3nc(-c4c(C)cccc4C)n-2c13. The van der Waals surface area contributed by atoms with Gasteiger partial charge in [-0.15, -0.1) is 0 Å². The van der Waals surface area contributed by atoms with Crippen molar-refractivity contribution in [1.82, 2.24) is 28.2 Å². The van der Waals surface area contributed by atoms with Crippen LogP contribution >= 0.6 is 0 Å². The highest BCUT2D eigenvalue weighted by Crippen LogP contribution is 2.46. The highest BCUT2D eigenvalue weighted by molar-refractivity contribution is 7.00. The van der Waals surface area contributed by atoms with Crippen molar-refractivity contribution in [1.29, 1.82) is 0 Å². The minimum Gasteiger partial charge on any atom is -0.307 e. The number of aromatic nitrogens is 6. The van der Waals surface area contributed by atoms with Gasteiger partial charge in [-0.05, 0) is 153 Å². The predicted octanol–water partition coefficient (Wildman–Crippen LogP) is 13.8. The maximum atomic E-state index is 6.03. The number of fused-ring (bicyclic) bond motifs is 12. The van der Waals surface area contributed by atoms with Crippen LogP contribution in [-0.4, -0.2) is 34.9 Å². The molecule has 6 nitrogen and oxygen atoms in total. The number of hydrogen-bond acceptors (Lipinski definition) is 2. The van der Waals surface area contributed by atoms with E-state index in [0.29, 0.717) is 0 Å². The summed E-state index contributed by atoms with van der Waals surface area (Å²) in [7, 11) is 0. The second-order valence-electron chi connectivity index (χ2n) is 21.0. The Balaban J connectivity index is 1.20. The smallest absolute Gasteiger partial charge is 0.252 e. The van der Waals surface area contributed by atoms with Crippen LogP contribution in [-0.2, 0) is 0 Å². The molecular formula is C65H51BN6. The lowest BCUT2D eigenvalue weighted by atomic mass is 9.34. The molecule has 0 N–H and O–H groups in total. The van der Waals surface area contributed by atoms with Crippen LogP contribution in [0.1, 0.15) is 50.1 Å². The van der Waals surface area contributed by atoms with E-state index in [2.05, 4.69) is 226 Å². The topological polar surface area (TPSA) is 45.5 Å². The van der Waals surface area contributed by atoms with E-state index in [1.165, 1.54) is 144 Å². The maximum absolute atomic E-state index is 6.03. The average molecular weight is 927 g/mol. The van der Waals surface area contributed by atoms with E-state index in [0.717, 1.165) is 33.7 Å². The summed E-state index contributed by atoms with van der Waals surface area (Å²) >= 11 is 0. The third-order valence-corrected chi connectivity index (χ3v) is 16.6. The third kappa shape index (κ3) is 5.15. The van der Waals surface area contributed by atoms with Crippen molar-refractivity contribution >= 4 is 88.8 Å². The molecule has 15 rings (SSSR count). The van der Waals surface area contributed by atoms with Gasteiger partial charge in [-0.3, -0.25) is 9.13 Å². The van der Waals surface area contributed by atoms with Crippen LogP contribution in [0.4, 0.5) is 0 Å². The first-order chi connectivity index (χ1) is 35.0. The first-order valence-electron chi connectivity index (χ1n) is 25.4. The number of rotatable bonds is 4. The molecule has 4 aromatic heterocycles. The highest BCUT2D eigenvalue weighted by Gasteiger charge is 2.44. The van der Waals surface area contributed by atoms with E-state index in [4.69, 9.17) is 9.97 Å². The molecular weight excluding hydrogens is 876 g/mol. The van der Waals surface area contributed by atoms with E-state index in [1.807, 2.05) is 0 Å². The molecule has 0 bridgehead atoms. The van der Waals surface area contributed by atoms with Crippen LogP contribution in [0.2, 0.25) is 0 Å². The Bertz CT molecular complexity index is 4260. The molecule has 0 fully saturated rings. The lowest BCUT2D eigenvalue weighted by Crippen LogP contribution is -2.59. The van der Waals surface area contributed by atoms with Gasteiger partial charge < -0.3 is 9.13 Å². The first-order valence-corrected chi connectivity index (χ1v) is 25.4. The Hall–Kier alpha value is -8.42. The number of benzene rings is 9. The van der Waals surface area contributed by atoms with E-state index in [-0.39, 0.29) is 6.71 Å². The van der Waals surface area contributed by atoms with E-state index in [9.17, 15) is 0 Å². The minimum atomic E-state index is -0.135. The molecule has 0 saturated carbocycles. The van der Waals surface area contributed by atoms with Crippen molar-refractivity contribution in [3.05, 3.63) is 196 Å². The van der Waals surface area contributed by atoms with Crippen molar-refractivity contribution < 1.29 is 0 Å². The summed E-state index contributed by atoms with van der Waals surface area (Å²) in [5, 5.41) is 4.87. The molecule has 0 aliphatic carbocycles. The van der Waals surface area contributed by atoms with Gasteiger partial charge >= 0.3 is 0 Å². The van der Waals surface area contributed by atoms with Crippen LogP contribution in [0.5, 0.6) is 0 Å². The van der Waals surface area contributed by atoms with Gasteiger partial charge in [-0.25, -0.2) is 9.97 Å². The van der Waals surface area contributed by atoms with Crippen molar-refractivity contribution in [2.75, 3.05) is 0 Å². The molecule has 0 radical (unpaired) electrons. The van der Waals surface area contributed by atoms with Crippen LogP contribution in [0.15, 0.2) is 146 Å². The molecule has 2 aliphatic rings. The summed E-state index contributed by atoms with van der Waals surface area (Å²) in [6.45, 7) is 20.1. The largest absolute Gasteiger partial charge is 0.307 e. The second-order valence-corrected chi connectivity index (χ2v) is 21.0. The highest BCUT2D eigenvalue weighted by atomic mass is 15.1. The molecule has 13 aromatic rings. The van der Waals surface area contributed by atoms with E-state index in [1.54, 1.807) is 0 Å². The molecule has 0 saturated heterocycles. The Morgan fingerprint density at radius 1 is 0.347 bits per heavy atom. The number of nitrogens with zero attached hydrogens (tertiary/aromatic N) is 6. The summed E-state index contributed by atoms with van der Waals surface area (Å²) in [5.41, 5.74) is 30.9. The molecule has 0 amide bonds. The number of hydrogen-bond donors (Lipinski definition) is 0. The molecule has 72 heavy (non-hydrogen) atoms. The molecule has 0 unspecified atom stereocenters. The number of para-hydroxylation sites is 4. The molecule has 9 aromatic carbocycles. The average Bonchev–Trinajstić information content (AvgIpc) is 4.11. The van der Waals surface area contributed by atoms with Gasteiger partial charge in [0.15, 0.2) is 0 Å². The molecule has 6 heterocycles. The summed E-state index contributed by atoms with van der Waals surface area (Å²) in [4.78, 5) is 12.1. The van der Waals surface area contributed by atoms with Crippen LogP contribution < -0.4 is 16.4 Å². The number of imidazole rings is 2. The van der Waals surface area contributed by atoms with Gasteiger partial charge in [0.05, 0.1) is 44.5 Å². The Kier molecular flexibility index (Phi) is 8.25.